The minimum atomic E-state index is 0.182. The topological polar surface area (TPSA) is 24.9 Å². The number of piperazine rings is 1. The fraction of sp³-hybridized carbons (Fsp3) is 0.600. The van der Waals surface area contributed by atoms with Gasteiger partial charge in [0, 0.05) is 26.2 Å². The molecule has 0 aromatic heterocycles. The van der Waals surface area contributed by atoms with Crippen molar-refractivity contribution in [1.82, 2.24) is 4.90 Å². The molecule has 1 fully saturated rings. The van der Waals surface area contributed by atoms with E-state index in [-0.39, 0.29) is 6.10 Å². The molecule has 1 unspecified atom stereocenters. The van der Waals surface area contributed by atoms with Gasteiger partial charge in [0.1, 0.15) is 12.7 Å². The van der Waals surface area contributed by atoms with Gasteiger partial charge in [-0.3, -0.25) is 0 Å². The highest BCUT2D eigenvalue weighted by atomic mass is 16.6. The van der Waals surface area contributed by atoms with Crippen LogP contribution in [0.25, 0.3) is 0 Å². The van der Waals surface area contributed by atoms with Crippen LogP contribution in [0.4, 0.5) is 5.69 Å². The van der Waals surface area contributed by atoms with Crippen LogP contribution in [0.1, 0.15) is 13.3 Å². The minimum absolute atomic E-state index is 0.182. The maximum absolute atomic E-state index is 6.11. The molecule has 1 atom stereocenters. The van der Waals surface area contributed by atoms with E-state index in [0.717, 1.165) is 44.1 Å². The Hall–Kier alpha value is -1.42. The lowest BCUT2D eigenvalue weighted by Gasteiger charge is -2.36. The van der Waals surface area contributed by atoms with Crippen LogP contribution in [0.2, 0.25) is 0 Å². The zero-order chi connectivity index (χ0) is 13.2. The minimum Gasteiger partial charge on any atom is -0.486 e. The Balaban J connectivity index is 1.86. The van der Waals surface area contributed by atoms with Gasteiger partial charge in [0.25, 0.3) is 0 Å². The number of rotatable bonds is 2. The third-order valence-electron chi connectivity index (χ3n) is 3.97. The molecule has 0 radical (unpaired) electrons. The summed E-state index contributed by atoms with van der Waals surface area (Å²) < 4.78 is 11.9. The Bertz CT molecular complexity index is 442. The lowest BCUT2D eigenvalue weighted by molar-refractivity contribution is 0.0888. The van der Waals surface area contributed by atoms with Crippen molar-refractivity contribution in [3.63, 3.8) is 0 Å². The average molecular weight is 262 g/mol. The molecule has 2 aliphatic heterocycles. The van der Waals surface area contributed by atoms with Crippen molar-refractivity contribution in [2.75, 3.05) is 44.7 Å². The number of benzene rings is 1. The molecule has 4 heteroatoms. The third-order valence-corrected chi connectivity index (χ3v) is 3.97. The summed E-state index contributed by atoms with van der Waals surface area (Å²) in [7, 11) is 2.17. The normalized spacial score (nSPS) is 23.5. The van der Waals surface area contributed by atoms with Gasteiger partial charge in [-0.15, -0.1) is 0 Å². The summed E-state index contributed by atoms with van der Waals surface area (Å²) in [5.41, 5.74) is 1.18. The van der Waals surface area contributed by atoms with E-state index in [1.165, 1.54) is 5.69 Å². The van der Waals surface area contributed by atoms with Crippen molar-refractivity contribution < 1.29 is 9.47 Å². The predicted molar refractivity (Wildman–Crippen MR) is 76.4 cm³/mol. The lowest BCUT2D eigenvalue weighted by atomic mass is 10.2. The third kappa shape index (κ3) is 2.50. The van der Waals surface area contributed by atoms with Gasteiger partial charge in [-0.25, -0.2) is 0 Å². The highest BCUT2D eigenvalue weighted by molar-refractivity contribution is 5.65. The van der Waals surface area contributed by atoms with Gasteiger partial charge in [-0.2, -0.15) is 0 Å². The molecule has 0 aliphatic carbocycles. The second kappa shape index (κ2) is 5.29. The van der Waals surface area contributed by atoms with E-state index in [1.54, 1.807) is 0 Å². The molecule has 1 aromatic carbocycles. The molecule has 19 heavy (non-hydrogen) atoms. The van der Waals surface area contributed by atoms with Gasteiger partial charge < -0.3 is 19.3 Å². The lowest BCUT2D eigenvalue weighted by Crippen LogP contribution is -2.45. The Morgan fingerprint density at radius 2 is 2.00 bits per heavy atom. The second-order valence-electron chi connectivity index (χ2n) is 5.35. The fourth-order valence-electron chi connectivity index (χ4n) is 2.62. The van der Waals surface area contributed by atoms with Crippen LogP contribution in [0.3, 0.4) is 0 Å². The molecule has 1 aromatic rings. The van der Waals surface area contributed by atoms with Gasteiger partial charge in [0.15, 0.2) is 11.5 Å². The van der Waals surface area contributed by atoms with Gasteiger partial charge in [-0.05, 0) is 25.6 Å². The Labute approximate surface area is 114 Å². The molecule has 4 nitrogen and oxygen atoms in total. The first kappa shape index (κ1) is 12.6. The number of para-hydroxylation sites is 1. The molecule has 0 N–H and O–H groups in total. The van der Waals surface area contributed by atoms with E-state index in [4.69, 9.17) is 9.47 Å². The van der Waals surface area contributed by atoms with Crippen molar-refractivity contribution in [3.8, 4) is 11.5 Å². The first-order valence-corrected chi connectivity index (χ1v) is 7.14. The van der Waals surface area contributed by atoms with Crippen LogP contribution >= 0.6 is 0 Å². The smallest absolute Gasteiger partial charge is 0.185 e. The van der Waals surface area contributed by atoms with Crippen LogP contribution in [0, 0.1) is 0 Å². The SMILES string of the molecule is CCC1COc2cccc(N3CCN(C)CC3)c2O1. The number of fused-ring (bicyclic) bond motifs is 1. The monoisotopic (exact) mass is 262 g/mol. The molecule has 3 rings (SSSR count). The number of ether oxygens (including phenoxy) is 2. The summed E-state index contributed by atoms with van der Waals surface area (Å²) in [6.45, 7) is 7.09. The summed E-state index contributed by atoms with van der Waals surface area (Å²) >= 11 is 0. The largest absolute Gasteiger partial charge is 0.486 e. The first-order valence-electron chi connectivity index (χ1n) is 7.14. The van der Waals surface area contributed by atoms with Crippen LogP contribution in [-0.2, 0) is 0 Å². The molecule has 2 heterocycles. The molecule has 1 saturated heterocycles. The molecule has 0 spiro atoms. The van der Waals surface area contributed by atoms with E-state index in [1.807, 2.05) is 6.07 Å². The van der Waals surface area contributed by atoms with Crippen molar-refractivity contribution >= 4 is 5.69 Å². The van der Waals surface area contributed by atoms with Gasteiger partial charge in [0.2, 0.25) is 0 Å². The predicted octanol–water partition coefficient (Wildman–Crippen LogP) is 1.99. The quantitative estimate of drug-likeness (QED) is 0.814. The van der Waals surface area contributed by atoms with Crippen molar-refractivity contribution in [2.24, 2.45) is 0 Å². The Morgan fingerprint density at radius 1 is 1.21 bits per heavy atom. The van der Waals surface area contributed by atoms with E-state index in [9.17, 15) is 0 Å². The van der Waals surface area contributed by atoms with Crippen molar-refractivity contribution in [2.45, 2.75) is 19.4 Å². The van der Waals surface area contributed by atoms with Gasteiger partial charge >= 0.3 is 0 Å². The number of likely N-dealkylation sites (N-methyl/N-ethyl adjacent to an activating group) is 1. The van der Waals surface area contributed by atoms with Gasteiger partial charge in [-0.1, -0.05) is 13.0 Å². The van der Waals surface area contributed by atoms with Crippen LogP contribution in [0.15, 0.2) is 18.2 Å². The van der Waals surface area contributed by atoms with Crippen LogP contribution < -0.4 is 14.4 Å². The standard InChI is InChI=1S/C15H22N2O2/c1-3-12-11-18-14-6-4-5-13(15(14)19-12)17-9-7-16(2)8-10-17/h4-6,12H,3,7-11H2,1-2H3. The summed E-state index contributed by atoms with van der Waals surface area (Å²) in [6, 6.07) is 6.20. The Morgan fingerprint density at radius 3 is 2.74 bits per heavy atom. The van der Waals surface area contributed by atoms with Crippen molar-refractivity contribution in [1.29, 1.82) is 0 Å². The van der Waals surface area contributed by atoms with Gasteiger partial charge in [0.05, 0.1) is 5.69 Å². The first-order chi connectivity index (χ1) is 9.28. The zero-order valence-electron chi connectivity index (χ0n) is 11.8. The van der Waals surface area contributed by atoms with E-state index in [0.29, 0.717) is 6.61 Å². The highest BCUT2D eigenvalue weighted by Crippen LogP contribution is 2.41. The fourth-order valence-corrected chi connectivity index (χ4v) is 2.62. The summed E-state index contributed by atoms with van der Waals surface area (Å²) in [6.07, 6.45) is 1.16. The maximum Gasteiger partial charge on any atom is 0.185 e. The molecule has 104 valence electrons. The summed E-state index contributed by atoms with van der Waals surface area (Å²) in [5, 5.41) is 0. The molecule has 0 saturated carbocycles. The average Bonchev–Trinajstić information content (AvgIpc) is 2.47. The maximum atomic E-state index is 6.11. The summed E-state index contributed by atoms with van der Waals surface area (Å²) in [4.78, 5) is 4.76. The van der Waals surface area contributed by atoms with E-state index in [2.05, 4.69) is 35.9 Å². The number of anilines is 1. The molecular formula is C15H22N2O2. The van der Waals surface area contributed by atoms with E-state index >= 15 is 0 Å². The second-order valence-corrected chi connectivity index (χ2v) is 5.35. The van der Waals surface area contributed by atoms with Crippen LogP contribution in [0.5, 0.6) is 11.5 Å². The van der Waals surface area contributed by atoms with E-state index < -0.39 is 0 Å². The Kier molecular flexibility index (Phi) is 3.51. The van der Waals surface area contributed by atoms with Crippen LogP contribution in [-0.4, -0.2) is 50.8 Å². The summed E-state index contributed by atoms with van der Waals surface area (Å²) in [5.74, 6) is 1.83. The molecular weight excluding hydrogens is 240 g/mol. The molecule has 0 amide bonds. The molecule has 0 bridgehead atoms. The highest BCUT2D eigenvalue weighted by Gasteiger charge is 2.25. The number of hydrogen-bond acceptors (Lipinski definition) is 4. The molecule has 2 aliphatic rings. The number of hydrogen-bond donors (Lipinski definition) is 0. The zero-order valence-corrected chi connectivity index (χ0v) is 11.8. The number of nitrogens with zero attached hydrogens (tertiary/aromatic N) is 2. The van der Waals surface area contributed by atoms with Crippen molar-refractivity contribution in [3.05, 3.63) is 18.2 Å².